The van der Waals surface area contributed by atoms with Crippen molar-refractivity contribution in [2.75, 3.05) is 11.9 Å². The van der Waals surface area contributed by atoms with Crippen molar-refractivity contribution in [1.82, 2.24) is 5.32 Å². The highest BCUT2D eigenvalue weighted by Crippen LogP contribution is 2.22. The number of carbonyl (C=O) groups is 2. The van der Waals surface area contributed by atoms with E-state index in [0.29, 0.717) is 24.2 Å². The summed E-state index contributed by atoms with van der Waals surface area (Å²) in [5.41, 5.74) is 2.56. The van der Waals surface area contributed by atoms with Crippen LogP contribution >= 0.6 is 0 Å². The second kappa shape index (κ2) is 8.57. The number of carbonyl (C=O) groups excluding carboxylic acids is 2. The zero-order valence-electron chi connectivity index (χ0n) is 14.8. The smallest absolute Gasteiger partial charge is 0.406 e. The Balaban J connectivity index is 1.90. The van der Waals surface area contributed by atoms with Crippen molar-refractivity contribution in [2.45, 2.75) is 26.6 Å². The lowest BCUT2D eigenvalue weighted by Crippen LogP contribution is -2.26. The molecule has 0 heterocycles. The summed E-state index contributed by atoms with van der Waals surface area (Å²) in [5.74, 6) is -0.826. The average Bonchev–Trinajstić information content (AvgIpc) is 2.56. The minimum Gasteiger partial charge on any atom is -0.406 e. The van der Waals surface area contributed by atoms with Gasteiger partial charge >= 0.3 is 6.36 Å². The number of halogens is 3. The summed E-state index contributed by atoms with van der Waals surface area (Å²) in [7, 11) is 0. The van der Waals surface area contributed by atoms with Crippen LogP contribution < -0.4 is 15.4 Å². The molecule has 0 aliphatic rings. The molecule has 0 bridgehead atoms. The van der Waals surface area contributed by atoms with Gasteiger partial charge in [-0.25, -0.2) is 0 Å². The van der Waals surface area contributed by atoms with Gasteiger partial charge in [0.05, 0.1) is 0 Å². The third-order valence-electron chi connectivity index (χ3n) is 3.67. The molecule has 2 N–H and O–H groups in total. The quantitative estimate of drug-likeness (QED) is 0.801. The predicted molar refractivity (Wildman–Crippen MR) is 94.6 cm³/mol. The molecule has 0 spiro atoms. The van der Waals surface area contributed by atoms with Crippen LogP contribution in [0.4, 0.5) is 18.9 Å². The highest BCUT2D eigenvalue weighted by Gasteiger charge is 2.30. The molecule has 27 heavy (non-hydrogen) atoms. The number of amides is 2. The molecule has 2 aromatic rings. The van der Waals surface area contributed by atoms with Gasteiger partial charge in [0.1, 0.15) is 5.75 Å². The molecule has 5 nitrogen and oxygen atoms in total. The molecule has 0 unspecified atom stereocenters. The maximum absolute atomic E-state index is 12.2. The van der Waals surface area contributed by atoms with Gasteiger partial charge in [0.25, 0.3) is 5.91 Å². The fourth-order valence-corrected chi connectivity index (χ4v) is 2.37. The summed E-state index contributed by atoms with van der Waals surface area (Å²) in [6.45, 7) is 3.51. The number of hydrogen-bond donors (Lipinski definition) is 2. The first-order valence-electron chi connectivity index (χ1n) is 8.15. The summed E-state index contributed by atoms with van der Waals surface area (Å²) in [4.78, 5) is 23.4. The molecule has 2 aromatic carbocycles. The highest BCUT2D eigenvalue weighted by atomic mass is 19.4. The first kappa shape index (κ1) is 20.3. The zero-order valence-corrected chi connectivity index (χ0v) is 14.8. The van der Waals surface area contributed by atoms with E-state index in [1.807, 2.05) is 6.92 Å². The molecular weight excluding hydrogens is 361 g/mol. The summed E-state index contributed by atoms with van der Waals surface area (Å²) in [5, 5.41) is 5.40. The van der Waals surface area contributed by atoms with Crippen molar-refractivity contribution in [3.05, 3.63) is 59.2 Å². The second-order valence-corrected chi connectivity index (χ2v) is 5.91. The Bertz CT molecular complexity index is 818. The Morgan fingerprint density at radius 2 is 1.74 bits per heavy atom. The van der Waals surface area contributed by atoms with E-state index in [1.165, 1.54) is 31.2 Å². The van der Waals surface area contributed by atoms with Crippen molar-refractivity contribution in [2.24, 2.45) is 0 Å². The second-order valence-electron chi connectivity index (χ2n) is 5.91. The number of alkyl halides is 3. The number of hydrogen-bond acceptors (Lipinski definition) is 3. The molecule has 0 aliphatic carbocycles. The Kier molecular flexibility index (Phi) is 6.44. The standard InChI is InChI=1S/C19H19F3N2O3/c1-12-3-6-15(11-17(12)24-13(2)25)18(26)23-10-9-14-4-7-16(8-5-14)27-19(20,21)22/h3-8,11H,9-10H2,1-2H3,(H,23,26)(H,24,25). The van der Waals surface area contributed by atoms with E-state index in [-0.39, 0.29) is 17.6 Å². The van der Waals surface area contributed by atoms with Crippen molar-refractivity contribution in [1.29, 1.82) is 0 Å². The van der Waals surface area contributed by atoms with Gasteiger partial charge in [-0.05, 0) is 48.7 Å². The monoisotopic (exact) mass is 380 g/mol. The summed E-state index contributed by atoms with van der Waals surface area (Å²) < 4.78 is 40.2. The summed E-state index contributed by atoms with van der Waals surface area (Å²) in [6.07, 6.45) is -4.28. The lowest BCUT2D eigenvalue weighted by molar-refractivity contribution is -0.274. The summed E-state index contributed by atoms with van der Waals surface area (Å²) in [6, 6.07) is 10.4. The lowest BCUT2D eigenvalue weighted by atomic mass is 10.1. The maximum atomic E-state index is 12.2. The highest BCUT2D eigenvalue weighted by molar-refractivity contribution is 5.97. The van der Waals surface area contributed by atoms with Gasteiger partial charge in [-0.15, -0.1) is 13.2 Å². The number of anilines is 1. The lowest BCUT2D eigenvalue weighted by Gasteiger charge is -2.11. The molecule has 0 saturated heterocycles. The largest absolute Gasteiger partial charge is 0.573 e. The molecular formula is C19H19F3N2O3. The topological polar surface area (TPSA) is 67.4 Å². The fraction of sp³-hybridized carbons (Fsp3) is 0.263. The normalized spacial score (nSPS) is 11.0. The van der Waals surface area contributed by atoms with E-state index in [2.05, 4.69) is 15.4 Å². The minimum absolute atomic E-state index is 0.228. The molecule has 2 amide bonds. The van der Waals surface area contributed by atoms with Crippen molar-refractivity contribution in [3.63, 3.8) is 0 Å². The zero-order chi connectivity index (χ0) is 20.0. The van der Waals surface area contributed by atoms with E-state index in [1.54, 1.807) is 18.2 Å². The Morgan fingerprint density at radius 3 is 2.33 bits per heavy atom. The van der Waals surface area contributed by atoms with Gasteiger partial charge in [0, 0.05) is 24.7 Å². The molecule has 0 aromatic heterocycles. The first-order chi connectivity index (χ1) is 12.6. The van der Waals surface area contributed by atoms with Gasteiger partial charge < -0.3 is 15.4 Å². The molecule has 2 rings (SSSR count). The first-order valence-corrected chi connectivity index (χ1v) is 8.15. The third-order valence-corrected chi connectivity index (χ3v) is 3.67. The molecule has 0 saturated carbocycles. The van der Waals surface area contributed by atoms with Crippen LogP contribution in [0.5, 0.6) is 5.75 Å². The number of nitrogens with one attached hydrogen (secondary N) is 2. The fourth-order valence-electron chi connectivity index (χ4n) is 2.37. The maximum Gasteiger partial charge on any atom is 0.573 e. The SMILES string of the molecule is CC(=O)Nc1cc(C(=O)NCCc2ccc(OC(F)(F)F)cc2)ccc1C. The van der Waals surface area contributed by atoms with Crippen LogP contribution in [0.15, 0.2) is 42.5 Å². The van der Waals surface area contributed by atoms with Gasteiger partial charge in [0.15, 0.2) is 0 Å². The number of rotatable bonds is 6. The molecule has 8 heteroatoms. The van der Waals surface area contributed by atoms with Crippen LogP contribution in [-0.2, 0) is 11.2 Å². The minimum atomic E-state index is -4.72. The molecule has 0 aliphatic heterocycles. The van der Waals surface area contributed by atoms with E-state index in [0.717, 1.165) is 11.1 Å². The van der Waals surface area contributed by atoms with E-state index in [9.17, 15) is 22.8 Å². The van der Waals surface area contributed by atoms with Gasteiger partial charge in [-0.3, -0.25) is 9.59 Å². The number of benzene rings is 2. The van der Waals surface area contributed by atoms with E-state index < -0.39 is 6.36 Å². The molecule has 144 valence electrons. The van der Waals surface area contributed by atoms with Crippen LogP contribution in [0.3, 0.4) is 0 Å². The summed E-state index contributed by atoms with van der Waals surface area (Å²) >= 11 is 0. The van der Waals surface area contributed by atoms with Gasteiger partial charge in [-0.1, -0.05) is 18.2 Å². The van der Waals surface area contributed by atoms with Crippen LogP contribution in [0.25, 0.3) is 0 Å². The average molecular weight is 380 g/mol. The molecule has 0 radical (unpaired) electrons. The Labute approximate surface area is 154 Å². The van der Waals surface area contributed by atoms with Crippen LogP contribution in [0.2, 0.25) is 0 Å². The number of ether oxygens (including phenoxy) is 1. The van der Waals surface area contributed by atoms with Gasteiger partial charge in [-0.2, -0.15) is 0 Å². The van der Waals surface area contributed by atoms with Crippen LogP contribution in [0, 0.1) is 6.92 Å². The third kappa shape index (κ3) is 6.65. The van der Waals surface area contributed by atoms with E-state index in [4.69, 9.17) is 0 Å². The molecule has 0 fully saturated rings. The Morgan fingerprint density at radius 1 is 1.07 bits per heavy atom. The van der Waals surface area contributed by atoms with E-state index >= 15 is 0 Å². The Hall–Kier alpha value is -3.03. The van der Waals surface area contributed by atoms with Crippen LogP contribution in [0.1, 0.15) is 28.4 Å². The van der Waals surface area contributed by atoms with Crippen molar-refractivity contribution >= 4 is 17.5 Å². The number of aryl methyl sites for hydroxylation is 1. The van der Waals surface area contributed by atoms with Crippen molar-refractivity contribution in [3.8, 4) is 5.75 Å². The van der Waals surface area contributed by atoms with Crippen molar-refractivity contribution < 1.29 is 27.5 Å². The van der Waals surface area contributed by atoms with Crippen LogP contribution in [-0.4, -0.2) is 24.7 Å². The molecule has 0 atom stereocenters. The van der Waals surface area contributed by atoms with Gasteiger partial charge in [0.2, 0.25) is 5.91 Å². The predicted octanol–water partition coefficient (Wildman–Crippen LogP) is 3.82.